The minimum absolute atomic E-state index is 0.260. The van der Waals surface area contributed by atoms with E-state index in [0.717, 1.165) is 0 Å². The minimum Gasteiger partial charge on any atom is -0.392 e. The van der Waals surface area contributed by atoms with Gasteiger partial charge in [-0.2, -0.15) is 0 Å². The van der Waals surface area contributed by atoms with Crippen molar-refractivity contribution in [3.05, 3.63) is 0 Å². The van der Waals surface area contributed by atoms with Gasteiger partial charge in [0.1, 0.15) is 0 Å². The molecule has 0 bridgehead atoms. The van der Waals surface area contributed by atoms with Crippen molar-refractivity contribution in [2.75, 3.05) is 6.54 Å². The van der Waals surface area contributed by atoms with Crippen LogP contribution in [0.2, 0.25) is 0 Å². The number of rotatable bonds is 3. The first kappa shape index (κ1) is 6.88. The molecule has 3 nitrogen and oxygen atoms in total. The fourth-order valence-corrected chi connectivity index (χ4v) is 0.250. The lowest BCUT2D eigenvalue weighted by Crippen LogP contribution is -2.22. The molecule has 0 aromatic heterocycles. The highest BCUT2D eigenvalue weighted by atomic mass is 16.5. The molecule has 0 fully saturated rings. The first-order valence-corrected chi connectivity index (χ1v) is 2.36. The van der Waals surface area contributed by atoms with E-state index in [1.807, 2.05) is 12.4 Å². The Morgan fingerprint density at radius 1 is 1.71 bits per heavy atom. The summed E-state index contributed by atoms with van der Waals surface area (Å²) in [6, 6.07) is 0. The van der Waals surface area contributed by atoms with Gasteiger partial charge >= 0.3 is 0 Å². The molecule has 44 valence electrons. The van der Waals surface area contributed by atoms with Crippen LogP contribution in [-0.4, -0.2) is 23.0 Å². The Morgan fingerprint density at radius 2 is 2.29 bits per heavy atom. The van der Waals surface area contributed by atoms with E-state index in [0.29, 0.717) is 6.42 Å². The molecule has 3 N–H and O–H groups in total. The molecule has 0 heterocycles. The fraction of sp³-hybridized carbons (Fsp3) is 1.00. The van der Waals surface area contributed by atoms with Gasteiger partial charge in [-0.25, -0.2) is 5.48 Å². The van der Waals surface area contributed by atoms with E-state index in [1.54, 1.807) is 0 Å². The second-order valence-electron chi connectivity index (χ2n) is 1.42. The maximum atomic E-state index is 8.64. The summed E-state index contributed by atoms with van der Waals surface area (Å²) in [5.74, 6) is 0. The Hall–Kier alpha value is -0.120. The van der Waals surface area contributed by atoms with Crippen molar-refractivity contribution >= 4 is 0 Å². The normalized spacial score (nSPS) is 14.1. The molecule has 0 aliphatic carbocycles. The molecular formula is C4H11NO2. The Bertz CT molecular complexity index is 40.7. The highest BCUT2D eigenvalue weighted by molar-refractivity contribution is 4.49. The van der Waals surface area contributed by atoms with Crippen LogP contribution in [-0.2, 0) is 0 Å². The lowest BCUT2D eigenvalue weighted by Gasteiger charge is -2.02. The summed E-state index contributed by atoms with van der Waals surface area (Å²) in [6.07, 6.45) is 0.262. The van der Waals surface area contributed by atoms with Crippen LogP contribution in [0.1, 0.15) is 13.3 Å². The zero-order valence-corrected chi connectivity index (χ0v) is 4.39. The van der Waals surface area contributed by atoms with Crippen molar-refractivity contribution in [3.8, 4) is 0 Å². The largest absolute Gasteiger partial charge is 0.392 e. The van der Waals surface area contributed by atoms with Crippen LogP contribution in [0.4, 0.5) is 0 Å². The van der Waals surface area contributed by atoms with E-state index < -0.39 is 6.10 Å². The molecule has 0 radical (unpaired) electrons. The predicted octanol–water partition coefficient (Wildman–Crippen LogP) is -0.264. The van der Waals surface area contributed by atoms with Gasteiger partial charge in [-0.15, -0.1) is 0 Å². The molecule has 0 amide bonds. The van der Waals surface area contributed by atoms with Crippen LogP contribution in [0, 0.1) is 0 Å². The van der Waals surface area contributed by atoms with E-state index in [-0.39, 0.29) is 6.54 Å². The lowest BCUT2D eigenvalue weighted by atomic mass is 10.3. The van der Waals surface area contributed by atoms with Crippen LogP contribution >= 0.6 is 0 Å². The molecule has 0 saturated heterocycles. The zero-order chi connectivity index (χ0) is 5.70. The zero-order valence-electron chi connectivity index (χ0n) is 4.39. The van der Waals surface area contributed by atoms with E-state index in [4.69, 9.17) is 10.3 Å². The maximum Gasteiger partial charge on any atom is 0.0685 e. The Balaban J connectivity index is 2.83. The number of aliphatic hydroxyl groups excluding tert-OH is 1. The van der Waals surface area contributed by atoms with E-state index in [1.165, 1.54) is 0 Å². The third-order valence-electron chi connectivity index (χ3n) is 0.798. The highest BCUT2D eigenvalue weighted by Crippen LogP contribution is 1.83. The van der Waals surface area contributed by atoms with Gasteiger partial charge in [-0.1, -0.05) is 6.92 Å². The summed E-state index contributed by atoms with van der Waals surface area (Å²) in [7, 11) is 0. The predicted molar refractivity (Wildman–Crippen MR) is 26.1 cm³/mol. The Labute approximate surface area is 42.9 Å². The average molecular weight is 105 g/mol. The van der Waals surface area contributed by atoms with Crippen molar-refractivity contribution < 1.29 is 10.3 Å². The van der Waals surface area contributed by atoms with Gasteiger partial charge in [-0.3, -0.25) is 0 Å². The second-order valence-corrected chi connectivity index (χ2v) is 1.42. The summed E-state index contributed by atoms with van der Waals surface area (Å²) in [5.41, 5.74) is 1.87. The molecule has 0 aromatic carbocycles. The second kappa shape index (κ2) is 4.05. The van der Waals surface area contributed by atoms with E-state index >= 15 is 0 Å². The number of nitrogens with one attached hydrogen (secondary N) is 1. The highest BCUT2D eigenvalue weighted by Gasteiger charge is 1.94. The van der Waals surface area contributed by atoms with Crippen LogP contribution in [0.25, 0.3) is 0 Å². The average Bonchev–Trinajstić information content (AvgIpc) is 1.68. The molecule has 0 saturated carbocycles. The van der Waals surface area contributed by atoms with Gasteiger partial charge in [0.05, 0.1) is 6.10 Å². The topological polar surface area (TPSA) is 52.5 Å². The summed E-state index contributed by atoms with van der Waals surface area (Å²) in [6.45, 7) is 2.11. The Morgan fingerprint density at radius 3 is 2.43 bits per heavy atom. The number of hydrogen-bond acceptors (Lipinski definition) is 3. The monoisotopic (exact) mass is 105 g/mol. The van der Waals surface area contributed by atoms with Crippen LogP contribution in [0.5, 0.6) is 0 Å². The van der Waals surface area contributed by atoms with Crippen LogP contribution in [0.3, 0.4) is 0 Å². The summed E-state index contributed by atoms with van der Waals surface area (Å²) < 4.78 is 0. The first-order valence-electron chi connectivity index (χ1n) is 2.36. The van der Waals surface area contributed by atoms with E-state index in [9.17, 15) is 0 Å². The fourth-order valence-electron chi connectivity index (χ4n) is 0.250. The van der Waals surface area contributed by atoms with Crippen LogP contribution in [0.15, 0.2) is 0 Å². The minimum atomic E-state index is -0.412. The molecule has 3 heteroatoms. The summed E-state index contributed by atoms with van der Waals surface area (Å²) >= 11 is 0. The Kier molecular flexibility index (Phi) is 3.98. The molecule has 0 aromatic rings. The number of hydrogen-bond donors (Lipinski definition) is 3. The molecule has 0 rings (SSSR count). The standard InChI is InChI=1S/C4H11NO2/c1-2-4(6)3-5-7/h4-7H,2-3H2,1H3. The third-order valence-corrected chi connectivity index (χ3v) is 0.798. The molecule has 0 aliphatic heterocycles. The number of aliphatic hydroxyl groups is 1. The van der Waals surface area contributed by atoms with Crippen molar-refractivity contribution in [1.82, 2.24) is 5.48 Å². The van der Waals surface area contributed by atoms with Gasteiger partial charge in [0, 0.05) is 6.54 Å². The smallest absolute Gasteiger partial charge is 0.0685 e. The summed E-state index contributed by atoms with van der Waals surface area (Å²) in [5, 5.41) is 16.6. The first-order chi connectivity index (χ1) is 3.31. The van der Waals surface area contributed by atoms with Crippen LogP contribution < -0.4 is 5.48 Å². The lowest BCUT2D eigenvalue weighted by molar-refractivity contribution is 0.0900. The molecule has 0 spiro atoms. The van der Waals surface area contributed by atoms with Gasteiger partial charge in [0.2, 0.25) is 0 Å². The molecule has 1 unspecified atom stereocenters. The summed E-state index contributed by atoms with van der Waals surface area (Å²) in [4.78, 5) is 0. The molecule has 0 aliphatic rings. The van der Waals surface area contributed by atoms with Crippen molar-refractivity contribution in [1.29, 1.82) is 0 Å². The van der Waals surface area contributed by atoms with E-state index in [2.05, 4.69) is 0 Å². The van der Waals surface area contributed by atoms with Crippen molar-refractivity contribution in [3.63, 3.8) is 0 Å². The van der Waals surface area contributed by atoms with Crippen molar-refractivity contribution in [2.24, 2.45) is 0 Å². The van der Waals surface area contributed by atoms with Gasteiger partial charge in [0.15, 0.2) is 0 Å². The maximum absolute atomic E-state index is 8.64. The third kappa shape index (κ3) is 3.72. The van der Waals surface area contributed by atoms with Gasteiger partial charge in [-0.05, 0) is 6.42 Å². The molecule has 7 heavy (non-hydrogen) atoms. The SMILES string of the molecule is CCC(O)CNO. The van der Waals surface area contributed by atoms with Gasteiger partial charge < -0.3 is 10.3 Å². The molecule has 1 atom stereocenters. The van der Waals surface area contributed by atoms with Gasteiger partial charge in [0.25, 0.3) is 0 Å². The van der Waals surface area contributed by atoms with Crippen molar-refractivity contribution in [2.45, 2.75) is 19.4 Å². The quantitative estimate of drug-likeness (QED) is 0.433. The number of hydroxylamine groups is 1. The molecular weight excluding hydrogens is 94.0 g/mol.